The summed E-state index contributed by atoms with van der Waals surface area (Å²) >= 11 is 2.42. The number of hydrogen-bond acceptors (Lipinski definition) is 12. The van der Waals surface area contributed by atoms with Crippen LogP contribution in [0.2, 0.25) is 0 Å². The van der Waals surface area contributed by atoms with E-state index in [-0.39, 0.29) is 24.5 Å². The third-order valence-electron chi connectivity index (χ3n) is 10.6. The van der Waals surface area contributed by atoms with Crippen molar-refractivity contribution in [2.75, 3.05) is 7.11 Å². The van der Waals surface area contributed by atoms with Crippen LogP contribution in [0.1, 0.15) is 44.4 Å². The molecule has 6 rings (SSSR count). The van der Waals surface area contributed by atoms with Gasteiger partial charge in [-0.2, -0.15) is 16.8 Å². The molecule has 0 amide bonds. The maximum Gasteiger partial charge on any atom is 0.294 e. The molecule has 332 valence electrons. The third kappa shape index (κ3) is 11.0. The molecule has 0 radical (unpaired) electrons. The maximum absolute atomic E-state index is 14.9. The van der Waals surface area contributed by atoms with Crippen LogP contribution in [-0.4, -0.2) is 55.5 Å². The highest BCUT2D eigenvalue weighted by Gasteiger charge is 2.44. The Kier molecular flexibility index (Phi) is 13.7. The van der Waals surface area contributed by atoms with Crippen LogP contribution in [0.4, 0.5) is 0 Å². The van der Waals surface area contributed by atoms with Crippen LogP contribution in [0.15, 0.2) is 178 Å². The second-order valence-corrected chi connectivity index (χ2v) is 24.5. The Balaban J connectivity index is 1.35. The molecule has 0 atom stereocenters. The highest BCUT2D eigenvalue weighted by atomic mass is 32.2. The van der Waals surface area contributed by atoms with Gasteiger partial charge in [-0.25, -0.2) is 16.8 Å². The zero-order valence-corrected chi connectivity index (χ0v) is 39.7. The van der Waals surface area contributed by atoms with E-state index < -0.39 is 56.7 Å². The first kappa shape index (κ1) is 47.8. The molecular weight excluding hydrogens is 925 g/mol. The monoisotopic (exact) mass is 968 g/mol. The molecular formula is C45H44O12S6. The molecule has 6 aromatic rings. The highest BCUT2D eigenvalue weighted by Crippen LogP contribution is 2.44. The summed E-state index contributed by atoms with van der Waals surface area (Å²) in [5.41, 5.74) is -0.377. The molecule has 0 fully saturated rings. The summed E-state index contributed by atoms with van der Waals surface area (Å²) in [5.74, 6) is 0.161. The molecule has 63 heavy (non-hydrogen) atoms. The lowest BCUT2D eigenvalue weighted by molar-refractivity contribution is 0.0344. The number of hydrogen-bond donors (Lipinski definition) is 2. The van der Waals surface area contributed by atoms with E-state index in [0.29, 0.717) is 42.2 Å². The number of methoxy groups -OCH3 is 1. The Hall–Kier alpha value is -4.66. The number of benzene rings is 6. The molecule has 0 saturated carbocycles. The number of aryl methyl sites for hydroxylation is 1. The molecule has 0 aliphatic heterocycles. The summed E-state index contributed by atoms with van der Waals surface area (Å²) in [7, 11) is -15.5. The lowest BCUT2D eigenvalue weighted by Gasteiger charge is -2.43. The van der Waals surface area contributed by atoms with Crippen molar-refractivity contribution in [1.82, 2.24) is 0 Å². The molecule has 0 bridgehead atoms. The average molecular weight is 969 g/mol. The largest absolute Gasteiger partial charge is 0.497 e. The van der Waals surface area contributed by atoms with Crippen LogP contribution in [0.25, 0.3) is 0 Å². The fraction of sp³-hybridized carbons (Fsp3) is 0.200. The fourth-order valence-electron chi connectivity index (χ4n) is 6.43. The molecule has 0 unspecified atom stereocenters. The fourth-order valence-corrected chi connectivity index (χ4v) is 12.3. The maximum atomic E-state index is 14.9. The summed E-state index contributed by atoms with van der Waals surface area (Å²) in [6.07, 6.45) is 0. The van der Waals surface area contributed by atoms with Gasteiger partial charge in [0.25, 0.3) is 20.2 Å². The molecule has 0 aliphatic rings. The molecule has 12 nitrogen and oxygen atoms in total. The van der Waals surface area contributed by atoms with Crippen molar-refractivity contribution in [2.24, 2.45) is 0 Å². The third-order valence-corrected chi connectivity index (χ3v) is 18.0. The molecule has 2 N–H and O–H groups in total. The lowest BCUT2D eigenvalue weighted by Crippen LogP contribution is -2.48. The van der Waals surface area contributed by atoms with E-state index in [0.717, 1.165) is 5.56 Å². The van der Waals surface area contributed by atoms with E-state index in [1.165, 1.54) is 97.4 Å². The molecule has 0 aromatic heterocycles. The van der Waals surface area contributed by atoms with E-state index in [4.69, 9.17) is 9.47 Å². The minimum atomic E-state index is -4.45. The van der Waals surface area contributed by atoms with Crippen molar-refractivity contribution in [2.45, 2.75) is 95.4 Å². The minimum Gasteiger partial charge on any atom is -0.497 e. The first-order valence-corrected chi connectivity index (χ1v) is 26.6. The Morgan fingerprint density at radius 3 is 1.51 bits per heavy atom. The van der Waals surface area contributed by atoms with Crippen molar-refractivity contribution < 1.29 is 52.3 Å². The Morgan fingerprint density at radius 1 is 0.540 bits per heavy atom. The van der Waals surface area contributed by atoms with Gasteiger partial charge < -0.3 is 9.47 Å². The summed E-state index contributed by atoms with van der Waals surface area (Å²) in [4.78, 5) is 1.97. The zero-order chi connectivity index (χ0) is 46.2. The van der Waals surface area contributed by atoms with Crippen molar-refractivity contribution in [3.8, 4) is 11.5 Å². The normalized spacial score (nSPS) is 12.8. The molecule has 0 saturated heterocycles. The van der Waals surface area contributed by atoms with Crippen LogP contribution >= 0.6 is 23.5 Å². The Morgan fingerprint density at radius 2 is 1.00 bits per heavy atom. The van der Waals surface area contributed by atoms with Crippen LogP contribution in [0, 0.1) is 6.92 Å². The Labute approximate surface area is 377 Å². The van der Waals surface area contributed by atoms with Gasteiger partial charge in [0.1, 0.15) is 17.1 Å². The quantitative estimate of drug-likeness (QED) is 0.0870. The molecule has 18 heteroatoms. The van der Waals surface area contributed by atoms with Crippen molar-refractivity contribution in [3.63, 3.8) is 0 Å². The van der Waals surface area contributed by atoms with Crippen LogP contribution in [0.5, 0.6) is 11.5 Å². The molecule has 6 aromatic carbocycles. The van der Waals surface area contributed by atoms with E-state index in [2.05, 4.69) is 0 Å². The van der Waals surface area contributed by atoms with Gasteiger partial charge in [0.05, 0.1) is 37.3 Å². The first-order valence-electron chi connectivity index (χ1n) is 19.0. The standard InChI is InChI=1S/C45H44O12S6/c1-30-7-17-37(18-8-30)61(48,49)38-19-9-32(10-20-38)57-45(4,5)44(2,3)41-25-11-33(56-6)28-43(41)60(46,47)29-31-27-36(58-34-12-21-39(22-13-34)62(50,51)52)16-26-42(31)59-35-14-23-40(24-15-35)63(53,54)55/h7-28H,29H2,1-6H3,(H,50,51,52)(H,53,54,55). The van der Waals surface area contributed by atoms with Gasteiger partial charge in [0.15, 0.2) is 9.84 Å². The Bertz CT molecular complexity index is 3090. The van der Waals surface area contributed by atoms with Gasteiger partial charge in [0.2, 0.25) is 9.84 Å². The average Bonchev–Trinajstić information content (AvgIpc) is 3.21. The van der Waals surface area contributed by atoms with Crippen LogP contribution in [0.3, 0.4) is 0 Å². The number of rotatable bonds is 16. The van der Waals surface area contributed by atoms with Crippen molar-refractivity contribution in [1.29, 1.82) is 0 Å². The van der Waals surface area contributed by atoms with Crippen molar-refractivity contribution >= 4 is 63.4 Å². The number of sulfone groups is 2. The topological polar surface area (TPSA) is 195 Å². The summed E-state index contributed by atoms with van der Waals surface area (Å²) in [6, 6.07) is 33.6. The predicted molar refractivity (Wildman–Crippen MR) is 242 cm³/mol. The van der Waals surface area contributed by atoms with Gasteiger partial charge in [-0.05, 0) is 147 Å². The predicted octanol–water partition coefficient (Wildman–Crippen LogP) is 9.74. The summed E-state index contributed by atoms with van der Waals surface area (Å²) < 4.78 is 134. The molecule has 0 spiro atoms. The van der Waals surface area contributed by atoms with Crippen LogP contribution in [-0.2, 0) is 51.1 Å². The minimum absolute atomic E-state index is 0.0182. The van der Waals surface area contributed by atoms with E-state index in [1.807, 2.05) is 34.6 Å². The number of ether oxygens (including phenoxy) is 2. The zero-order valence-electron chi connectivity index (χ0n) is 34.8. The van der Waals surface area contributed by atoms with Gasteiger partial charge in [-0.1, -0.05) is 61.1 Å². The van der Waals surface area contributed by atoms with Crippen LogP contribution < -0.4 is 9.47 Å². The molecule has 0 aliphatic carbocycles. The van der Waals surface area contributed by atoms with E-state index in [9.17, 15) is 42.8 Å². The van der Waals surface area contributed by atoms with Gasteiger partial charge in [0, 0.05) is 25.0 Å². The van der Waals surface area contributed by atoms with Gasteiger partial charge in [-0.15, -0.1) is 0 Å². The first-order chi connectivity index (χ1) is 29.3. The molecule has 0 heterocycles. The second-order valence-electron chi connectivity index (χ2n) is 15.5. The highest BCUT2D eigenvalue weighted by molar-refractivity contribution is 8.00. The summed E-state index contributed by atoms with van der Waals surface area (Å²) in [5, 5.41) is 0. The second kappa shape index (κ2) is 18.1. The van der Waals surface area contributed by atoms with E-state index >= 15 is 0 Å². The van der Waals surface area contributed by atoms with Crippen molar-refractivity contribution in [3.05, 3.63) is 150 Å². The SMILES string of the molecule is COc1ccc(C(C)(C)C(C)(C)Oc2ccc(S(=O)(=O)c3ccc(C)cc3)cc2)c(S(=O)(=O)Cc2cc(Sc3ccc(S(=O)(=O)O)cc3)ccc2Sc2ccc(S(=O)(=O)O)cc2)c1. The smallest absolute Gasteiger partial charge is 0.294 e. The lowest BCUT2D eigenvalue weighted by atomic mass is 9.71. The summed E-state index contributed by atoms with van der Waals surface area (Å²) in [6.45, 7) is 9.21. The van der Waals surface area contributed by atoms with E-state index in [1.54, 1.807) is 66.7 Å². The van der Waals surface area contributed by atoms with Gasteiger partial charge >= 0.3 is 0 Å². The van der Waals surface area contributed by atoms with Gasteiger partial charge in [-0.3, -0.25) is 9.11 Å².